The van der Waals surface area contributed by atoms with Gasteiger partial charge < -0.3 is 9.47 Å². The summed E-state index contributed by atoms with van der Waals surface area (Å²) in [6.07, 6.45) is 3.29. The average molecular weight is 386 g/mol. The number of carbonyl (C=O) groups is 2. The number of aromatic nitrogens is 2. The summed E-state index contributed by atoms with van der Waals surface area (Å²) in [4.78, 5) is 32.6. The van der Waals surface area contributed by atoms with E-state index in [1.165, 1.54) is 30.6 Å². The quantitative estimate of drug-likeness (QED) is 0.458. The van der Waals surface area contributed by atoms with Crippen LogP contribution in [0.15, 0.2) is 48.1 Å². The molecule has 0 unspecified atom stereocenters. The number of nitrogens with zero attached hydrogens (tertiary/aromatic N) is 2. The standard InChI is InChI=1S/C19H15FN2O4S/c1-25-17-5-4-13(20)7-15(17)16(23)10-26-18(24)8-14-11-27-19(22-14)12-3-2-6-21-9-12/h2-7,9,11H,8,10H2,1H3. The summed E-state index contributed by atoms with van der Waals surface area (Å²) in [5, 5.41) is 2.49. The van der Waals surface area contributed by atoms with Gasteiger partial charge in [0.05, 0.1) is 24.8 Å². The molecular formula is C19H15FN2O4S. The van der Waals surface area contributed by atoms with Crippen LogP contribution in [0.25, 0.3) is 10.6 Å². The topological polar surface area (TPSA) is 78.4 Å². The molecular weight excluding hydrogens is 371 g/mol. The van der Waals surface area contributed by atoms with E-state index in [0.29, 0.717) is 5.69 Å². The first-order valence-electron chi connectivity index (χ1n) is 7.94. The third kappa shape index (κ3) is 4.73. The molecule has 0 N–H and O–H groups in total. The molecule has 3 rings (SSSR count). The van der Waals surface area contributed by atoms with Gasteiger partial charge in [0, 0.05) is 23.3 Å². The number of rotatable bonds is 7. The highest BCUT2D eigenvalue weighted by Gasteiger charge is 2.17. The van der Waals surface area contributed by atoms with Gasteiger partial charge in [0.1, 0.15) is 16.6 Å². The van der Waals surface area contributed by atoms with Crippen LogP contribution in [0.4, 0.5) is 4.39 Å². The number of carbonyl (C=O) groups excluding carboxylic acids is 2. The highest BCUT2D eigenvalue weighted by atomic mass is 32.1. The lowest BCUT2D eigenvalue weighted by Crippen LogP contribution is -2.16. The zero-order valence-corrected chi connectivity index (χ0v) is 15.2. The second-order valence-corrected chi connectivity index (χ2v) is 6.35. The molecule has 0 saturated heterocycles. The van der Waals surface area contributed by atoms with E-state index in [-0.39, 0.29) is 17.7 Å². The number of methoxy groups -OCH3 is 1. The lowest BCUT2D eigenvalue weighted by molar-refractivity contribution is -0.141. The summed E-state index contributed by atoms with van der Waals surface area (Å²) in [7, 11) is 1.37. The minimum absolute atomic E-state index is 0.0258. The van der Waals surface area contributed by atoms with Gasteiger partial charge in [-0.3, -0.25) is 14.6 Å². The zero-order valence-electron chi connectivity index (χ0n) is 14.3. The van der Waals surface area contributed by atoms with Crippen molar-refractivity contribution in [1.29, 1.82) is 0 Å². The van der Waals surface area contributed by atoms with Gasteiger partial charge in [-0.25, -0.2) is 9.37 Å². The predicted molar refractivity (Wildman–Crippen MR) is 97.3 cm³/mol. The van der Waals surface area contributed by atoms with Gasteiger partial charge in [0.15, 0.2) is 6.61 Å². The number of halogens is 1. The van der Waals surface area contributed by atoms with Crippen LogP contribution < -0.4 is 4.74 Å². The molecule has 0 aliphatic rings. The second-order valence-electron chi connectivity index (χ2n) is 5.49. The fourth-order valence-electron chi connectivity index (χ4n) is 2.33. The summed E-state index contributed by atoms with van der Waals surface area (Å²) >= 11 is 1.39. The molecule has 138 valence electrons. The fraction of sp³-hybridized carbons (Fsp3) is 0.158. The van der Waals surface area contributed by atoms with Crippen LogP contribution in [0, 0.1) is 5.82 Å². The van der Waals surface area contributed by atoms with Crippen LogP contribution in [0.3, 0.4) is 0 Å². The number of hydrogen-bond donors (Lipinski definition) is 0. The molecule has 2 heterocycles. The van der Waals surface area contributed by atoms with Crippen LogP contribution in [-0.2, 0) is 16.0 Å². The second kappa shape index (κ2) is 8.50. The van der Waals surface area contributed by atoms with Crippen molar-refractivity contribution >= 4 is 23.1 Å². The maximum absolute atomic E-state index is 13.3. The molecule has 6 nitrogen and oxygen atoms in total. The molecule has 0 bridgehead atoms. The van der Waals surface area contributed by atoms with E-state index in [4.69, 9.17) is 9.47 Å². The lowest BCUT2D eigenvalue weighted by Gasteiger charge is -2.08. The number of benzene rings is 1. The molecule has 2 aromatic heterocycles. The molecule has 27 heavy (non-hydrogen) atoms. The van der Waals surface area contributed by atoms with Gasteiger partial charge in [-0.2, -0.15) is 0 Å². The Morgan fingerprint density at radius 3 is 2.85 bits per heavy atom. The van der Waals surface area contributed by atoms with Gasteiger partial charge in [-0.1, -0.05) is 0 Å². The maximum atomic E-state index is 13.3. The summed E-state index contributed by atoms with van der Waals surface area (Å²) in [6.45, 7) is -0.502. The largest absolute Gasteiger partial charge is 0.496 e. The number of esters is 1. The molecule has 3 aromatic rings. The van der Waals surface area contributed by atoms with Crippen molar-refractivity contribution in [3.63, 3.8) is 0 Å². The Hall–Kier alpha value is -3.13. The Kier molecular flexibility index (Phi) is 5.87. The van der Waals surface area contributed by atoms with Crippen LogP contribution >= 0.6 is 11.3 Å². The van der Waals surface area contributed by atoms with Crippen LogP contribution in [0.2, 0.25) is 0 Å². The number of ketones is 1. The number of ether oxygens (including phenoxy) is 2. The van der Waals surface area contributed by atoms with E-state index < -0.39 is 24.2 Å². The third-order valence-electron chi connectivity index (χ3n) is 3.61. The third-order valence-corrected chi connectivity index (χ3v) is 4.55. The predicted octanol–water partition coefficient (Wildman–Crippen LogP) is 3.32. The molecule has 0 atom stereocenters. The monoisotopic (exact) mass is 386 g/mol. The molecule has 0 radical (unpaired) electrons. The van der Waals surface area contributed by atoms with Crippen molar-refractivity contribution in [1.82, 2.24) is 9.97 Å². The first kappa shape index (κ1) is 18.7. The molecule has 1 aromatic carbocycles. The fourth-order valence-corrected chi connectivity index (χ4v) is 3.14. The normalized spacial score (nSPS) is 10.4. The summed E-state index contributed by atoms with van der Waals surface area (Å²) in [5.41, 5.74) is 1.42. The van der Waals surface area contributed by atoms with E-state index in [1.807, 2.05) is 6.07 Å². The Morgan fingerprint density at radius 2 is 2.11 bits per heavy atom. The maximum Gasteiger partial charge on any atom is 0.312 e. The van der Waals surface area contributed by atoms with Crippen molar-refractivity contribution in [2.75, 3.05) is 13.7 Å². The Balaban J connectivity index is 1.58. The summed E-state index contributed by atoms with van der Waals surface area (Å²) in [5.74, 6) is -1.50. The van der Waals surface area contributed by atoms with Gasteiger partial charge in [-0.05, 0) is 30.3 Å². The van der Waals surface area contributed by atoms with Crippen LogP contribution in [0.1, 0.15) is 16.1 Å². The van der Waals surface area contributed by atoms with Crippen LogP contribution in [0.5, 0.6) is 5.75 Å². The molecule has 0 aliphatic carbocycles. The van der Waals surface area contributed by atoms with E-state index in [2.05, 4.69) is 9.97 Å². The van der Waals surface area contributed by atoms with Gasteiger partial charge in [0.25, 0.3) is 0 Å². The van der Waals surface area contributed by atoms with E-state index in [9.17, 15) is 14.0 Å². The smallest absolute Gasteiger partial charge is 0.312 e. The summed E-state index contributed by atoms with van der Waals surface area (Å²) in [6, 6.07) is 7.26. The number of pyridine rings is 1. The first-order chi connectivity index (χ1) is 13.1. The lowest BCUT2D eigenvalue weighted by atomic mass is 10.1. The van der Waals surface area contributed by atoms with E-state index in [1.54, 1.807) is 23.8 Å². The Labute approximate surface area is 158 Å². The van der Waals surface area contributed by atoms with Gasteiger partial charge in [0.2, 0.25) is 5.78 Å². The molecule has 0 amide bonds. The van der Waals surface area contributed by atoms with E-state index >= 15 is 0 Å². The van der Waals surface area contributed by atoms with Crippen LogP contribution in [-0.4, -0.2) is 35.4 Å². The highest BCUT2D eigenvalue weighted by Crippen LogP contribution is 2.23. The molecule has 8 heteroatoms. The minimum Gasteiger partial charge on any atom is -0.496 e. The average Bonchev–Trinajstić information content (AvgIpc) is 3.15. The van der Waals surface area contributed by atoms with Gasteiger partial charge >= 0.3 is 5.97 Å². The number of Topliss-reactive ketones (excluding diaryl/α,β-unsaturated/α-hetero) is 1. The Morgan fingerprint density at radius 1 is 1.26 bits per heavy atom. The Bertz CT molecular complexity index is 959. The van der Waals surface area contributed by atoms with E-state index in [0.717, 1.165) is 16.6 Å². The number of hydrogen-bond acceptors (Lipinski definition) is 7. The molecule has 0 fully saturated rings. The molecule has 0 aliphatic heterocycles. The van der Waals surface area contributed by atoms with Crippen molar-refractivity contribution in [2.24, 2.45) is 0 Å². The van der Waals surface area contributed by atoms with Crippen molar-refractivity contribution in [3.8, 4) is 16.3 Å². The number of thiazole rings is 1. The summed E-state index contributed by atoms with van der Waals surface area (Å²) < 4.78 is 23.4. The van der Waals surface area contributed by atoms with Crippen molar-refractivity contribution in [3.05, 3.63) is 65.2 Å². The van der Waals surface area contributed by atoms with Crippen molar-refractivity contribution < 1.29 is 23.5 Å². The SMILES string of the molecule is COc1ccc(F)cc1C(=O)COC(=O)Cc1csc(-c2cccnc2)n1. The van der Waals surface area contributed by atoms with Crippen molar-refractivity contribution in [2.45, 2.75) is 6.42 Å². The zero-order chi connectivity index (χ0) is 19.2. The molecule has 0 saturated carbocycles. The molecule has 0 spiro atoms. The first-order valence-corrected chi connectivity index (χ1v) is 8.82. The highest BCUT2D eigenvalue weighted by molar-refractivity contribution is 7.13. The van der Waals surface area contributed by atoms with Gasteiger partial charge in [-0.15, -0.1) is 11.3 Å². The minimum atomic E-state index is -0.596.